The molecule has 0 aliphatic carbocycles. The Bertz CT molecular complexity index is 184. The van der Waals surface area contributed by atoms with Crippen molar-refractivity contribution in [3.63, 3.8) is 0 Å². The van der Waals surface area contributed by atoms with Crippen molar-refractivity contribution in [2.45, 2.75) is 58.5 Å². The summed E-state index contributed by atoms with van der Waals surface area (Å²) in [6, 6.07) is 4.16. The summed E-state index contributed by atoms with van der Waals surface area (Å²) in [5, 5.41) is 0. The van der Waals surface area contributed by atoms with E-state index in [0.717, 1.165) is 6.54 Å². The summed E-state index contributed by atoms with van der Waals surface area (Å²) in [7, 11) is -2.36. The Labute approximate surface area is 98.7 Å². The summed E-state index contributed by atoms with van der Waals surface area (Å²) < 4.78 is 2.88. The second kappa shape index (κ2) is 6.01. The highest BCUT2D eigenvalue weighted by atomic mass is 28.4. The Kier molecular flexibility index (Phi) is 6.07. The first kappa shape index (κ1) is 15.1. The van der Waals surface area contributed by atoms with Crippen LogP contribution in [0.3, 0.4) is 0 Å². The maximum absolute atomic E-state index is 3.93. The van der Waals surface area contributed by atoms with Crippen molar-refractivity contribution in [3.8, 4) is 0 Å². The second-order valence-corrected chi connectivity index (χ2v) is 15.8. The van der Waals surface area contributed by atoms with Crippen LogP contribution in [-0.2, 0) is 0 Å². The molecule has 0 spiro atoms. The summed E-state index contributed by atoms with van der Waals surface area (Å²) in [6.07, 6.45) is 2.10. The van der Waals surface area contributed by atoms with E-state index < -0.39 is 16.5 Å². The molecule has 0 saturated carbocycles. The molecule has 0 heterocycles. The molecule has 0 saturated heterocycles. The van der Waals surface area contributed by atoms with E-state index in [1.807, 2.05) is 0 Å². The van der Waals surface area contributed by atoms with Gasteiger partial charge in [-0.3, -0.25) is 0 Å². The number of nitrogens with zero attached hydrogens (tertiary/aromatic N) is 1. The zero-order valence-electron chi connectivity index (χ0n) is 11.6. The van der Waals surface area contributed by atoms with Crippen molar-refractivity contribution < 1.29 is 0 Å². The summed E-state index contributed by atoms with van der Waals surface area (Å²) >= 11 is 0. The summed E-state index contributed by atoms with van der Waals surface area (Å²) in [5.41, 5.74) is 0. The highest BCUT2D eigenvalue weighted by Crippen LogP contribution is 2.29. The first-order valence-electron chi connectivity index (χ1n) is 6.26. The molecule has 0 atom stereocenters. The lowest BCUT2D eigenvalue weighted by molar-refractivity contribution is 0.659. The predicted molar refractivity (Wildman–Crippen MR) is 77.4 cm³/mol. The van der Waals surface area contributed by atoms with Gasteiger partial charge >= 0.3 is 0 Å². The molecule has 0 aromatic rings. The maximum Gasteiger partial charge on any atom is 0.121 e. The molecule has 0 aliphatic heterocycles. The molecule has 90 valence electrons. The molecule has 15 heavy (non-hydrogen) atoms. The molecule has 0 aromatic heterocycles. The smallest absolute Gasteiger partial charge is 0.121 e. The van der Waals surface area contributed by atoms with Crippen LogP contribution in [0.1, 0.15) is 20.8 Å². The van der Waals surface area contributed by atoms with Gasteiger partial charge in [-0.2, -0.15) is 0 Å². The van der Waals surface area contributed by atoms with Gasteiger partial charge < -0.3 is 4.23 Å². The molecule has 1 nitrogen and oxygen atoms in total. The molecule has 0 fully saturated rings. The molecule has 0 aliphatic rings. The highest BCUT2D eigenvalue weighted by Gasteiger charge is 2.40. The van der Waals surface area contributed by atoms with Gasteiger partial charge in [-0.15, -0.1) is 6.58 Å². The van der Waals surface area contributed by atoms with Crippen molar-refractivity contribution in [1.82, 2.24) is 4.23 Å². The Morgan fingerprint density at radius 1 is 1.00 bits per heavy atom. The highest BCUT2D eigenvalue weighted by molar-refractivity contribution is 6.91. The Morgan fingerprint density at radius 3 is 1.60 bits per heavy atom. The van der Waals surface area contributed by atoms with E-state index in [1.54, 1.807) is 0 Å². The third-order valence-corrected chi connectivity index (χ3v) is 14.2. The van der Waals surface area contributed by atoms with Gasteiger partial charge in [0.05, 0.1) is 0 Å². The van der Waals surface area contributed by atoms with Gasteiger partial charge in [0.15, 0.2) is 0 Å². The molecule has 0 aromatic carbocycles. The van der Waals surface area contributed by atoms with Crippen LogP contribution >= 0.6 is 0 Å². The largest absolute Gasteiger partial charge is 0.342 e. The maximum atomic E-state index is 3.93. The van der Waals surface area contributed by atoms with Crippen LogP contribution in [0.4, 0.5) is 0 Å². The van der Waals surface area contributed by atoms with Crippen LogP contribution in [0.15, 0.2) is 12.7 Å². The normalized spacial score (nSPS) is 13.3. The number of rotatable bonds is 7. The zero-order valence-corrected chi connectivity index (χ0v) is 13.6. The lowest BCUT2D eigenvalue weighted by Gasteiger charge is -2.48. The van der Waals surface area contributed by atoms with Crippen LogP contribution < -0.4 is 0 Å². The minimum atomic E-state index is -1.18. The fraction of sp³-hybridized carbons (Fsp3) is 0.833. The molecule has 3 heteroatoms. The van der Waals surface area contributed by atoms with E-state index in [1.165, 1.54) is 18.1 Å². The van der Waals surface area contributed by atoms with Crippen LogP contribution in [-0.4, -0.2) is 27.2 Å². The third-order valence-electron chi connectivity index (χ3n) is 3.67. The third kappa shape index (κ3) is 3.57. The lowest BCUT2D eigenvalue weighted by Crippen LogP contribution is -2.62. The lowest BCUT2D eigenvalue weighted by atomic mass is 10.7. The summed E-state index contributed by atoms with van der Waals surface area (Å²) in [4.78, 5) is 0. The van der Waals surface area contributed by atoms with E-state index in [0.29, 0.717) is 0 Å². The monoisotopic (exact) mass is 243 g/mol. The Hall–Kier alpha value is 0.134. The van der Waals surface area contributed by atoms with E-state index in [4.69, 9.17) is 0 Å². The quantitative estimate of drug-likeness (QED) is 0.476. The van der Waals surface area contributed by atoms with Gasteiger partial charge in [0.25, 0.3) is 0 Å². The molecule has 0 unspecified atom stereocenters. The first-order chi connectivity index (χ1) is 6.87. The second-order valence-electron chi connectivity index (χ2n) is 5.36. The van der Waals surface area contributed by atoms with Gasteiger partial charge in [0.1, 0.15) is 16.5 Å². The first-order valence-corrected chi connectivity index (χ1v) is 12.3. The SMILES string of the molecule is C=CCN([Si](C)(C)C)[Si](CC)(CC)CC. The van der Waals surface area contributed by atoms with Crippen molar-refractivity contribution in [3.05, 3.63) is 12.7 Å². The van der Waals surface area contributed by atoms with E-state index in [-0.39, 0.29) is 0 Å². The molecular weight excluding hydrogens is 214 g/mol. The molecule has 0 N–H and O–H groups in total. The van der Waals surface area contributed by atoms with Crippen molar-refractivity contribution in [1.29, 1.82) is 0 Å². The predicted octanol–water partition coefficient (Wildman–Crippen LogP) is 4.31. The number of hydrogen-bond acceptors (Lipinski definition) is 1. The standard InChI is InChI=1S/C12H29NSi2/c1-8-12-13(14(5,6)7)15(9-2,10-3)11-4/h8H,1,9-12H2,2-7H3. The van der Waals surface area contributed by atoms with Crippen molar-refractivity contribution in [2.24, 2.45) is 0 Å². The Morgan fingerprint density at radius 2 is 1.40 bits per heavy atom. The van der Waals surface area contributed by atoms with Gasteiger partial charge in [0.2, 0.25) is 0 Å². The molecule has 0 amide bonds. The minimum Gasteiger partial charge on any atom is -0.342 e. The van der Waals surface area contributed by atoms with Gasteiger partial charge in [-0.25, -0.2) is 0 Å². The molecule has 0 radical (unpaired) electrons. The van der Waals surface area contributed by atoms with Gasteiger partial charge in [-0.05, 0) is 18.1 Å². The van der Waals surface area contributed by atoms with E-state index >= 15 is 0 Å². The molecular formula is C12H29NSi2. The van der Waals surface area contributed by atoms with Crippen molar-refractivity contribution in [2.75, 3.05) is 6.54 Å². The van der Waals surface area contributed by atoms with Gasteiger partial charge in [0, 0.05) is 6.54 Å². The topological polar surface area (TPSA) is 3.24 Å². The van der Waals surface area contributed by atoms with Crippen LogP contribution in [0, 0.1) is 0 Å². The molecule has 0 bridgehead atoms. The zero-order chi connectivity index (χ0) is 12.1. The van der Waals surface area contributed by atoms with Crippen LogP contribution in [0.5, 0.6) is 0 Å². The number of hydrogen-bond donors (Lipinski definition) is 0. The van der Waals surface area contributed by atoms with E-state index in [9.17, 15) is 0 Å². The fourth-order valence-corrected chi connectivity index (χ4v) is 13.6. The van der Waals surface area contributed by atoms with Crippen molar-refractivity contribution >= 4 is 16.5 Å². The van der Waals surface area contributed by atoms with Crippen LogP contribution in [0.2, 0.25) is 37.8 Å². The summed E-state index contributed by atoms with van der Waals surface area (Å²) in [5.74, 6) is 0. The van der Waals surface area contributed by atoms with E-state index in [2.05, 4.69) is 57.3 Å². The van der Waals surface area contributed by atoms with Gasteiger partial charge in [-0.1, -0.05) is 46.5 Å². The average Bonchev–Trinajstić information content (AvgIpc) is 2.18. The Balaban J connectivity index is 5.08. The summed E-state index contributed by atoms with van der Waals surface area (Å²) in [6.45, 7) is 19.6. The minimum absolute atomic E-state index is 1.11. The van der Waals surface area contributed by atoms with Crippen LogP contribution in [0.25, 0.3) is 0 Å². The molecule has 0 rings (SSSR count). The fourth-order valence-electron chi connectivity index (χ4n) is 2.63. The average molecular weight is 244 g/mol.